The number of furan rings is 1. The normalized spacial score (nSPS) is 12.1. The van der Waals surface area contributed by atoms with E-state index in [-0.39, 0.29) is 5.75 Å². The molecule has 2 N–H and O–H groups in total. The molecule has 4 nitrogen and oxygen atoms in total. The second-order valence-electron chi connectivity index (χ2n) is 3.82. The van der Waals surface area contributed by atoms with Gasteiger partial charge in [-0.15, -0.1) is 0 Å². The highest BCUT2D eigenvalue weighted by atomic mass is 32.2. The van der Waals surface area contributed by atoms with Crippen LogP contribution in [0.3, 0.4) is 0 Å². The molecule has 0 atom stereocenters. The van der Waals surface area contributed by atoms with Crippen molar-refractivity contribution in [3.05, 3.63) is 35.6 Å². The molecule has 0 spiro atoms. The number of rotatable bonds is 3. The monoisotopic (exact) mass is 239 g/mol. The van der Waals surface area contributed by atoms with Crippen molar-refractivity contribution in [1.29, 1.82) is 0 Å². The van der Waals surface area contributed by atoms with Gasteiger partial charge in [0, 0.05) is 23.8 Å². The van der Waals surface area contributed by atoms with E-state index in [1.54, 1.807) is 6.07 Å². The van der Waals surface area contributed by atoms with Crippen molar-refractivity contribution in [2.45, 2.75) is 12.3 Å². The predicted octanol–water partition coefficient (Wildman–Crippen LogP) is 1.44. The second kappa shape index (κ2) is 3.92. The van der Waals surface area contributed by atoms with E-state index in [2.05, 4.69) is 0 Å². The summed E-state index contributed by atoms with van der Waals surface area (Å²) in [5.41, 5.74) is 7.14. The van der Waals surface area contributed by atoms with Gasteiger partial charge in [0.1, 0.15) is 17.1 Å². The standard InChI is InChI=1S/C11H13NO3S/c1-16(13,14)7-10-5-8-3-2-4-9(6-12)11(8)15-10/h2-5H,6-7,12H2,1H3. The van der Waals surface area contributed by atoms with E-state index in [1.165, 1.54) is 6.26 Å². The summed E-state index contributed by atoms with van der Waals surface area (Å²) in [4.78, 5) is 0. The molecular formula is C11H13NO3S. The van der Waals surface area contributed by atoms with Crippen LogP contribution in [0.1, 0.15) is 11.3 Å². The Hall–Kier alpha value is -1.33. The summed E-state index contributed by atoms with van der Waals surface area (Å²) in [7, 11) is -3.07. The average molecular weight is 239 g/mol. The lowest BCUT2D eigenvalue weighted by atomic mass is 10.1. The second-order valence-corrected chi connectivity index (χ2v) is 5.96. The van der Waals surface area contributed by atoms with Crippen LogP contribution in [0.2, 0.25) is 0 Å². The number of sulfone groups is 1. The lowest BCUT2D eigenvalue weighted by Crippen LogP contribution is -1.99. The van der Waals surface area contributed by atoms with Crippen molar-refractivity contribution < 1.29 is 12.8 Å². The van der Waals surface area contributed by atoms with Crippen LogP contribution in [0.15, 0.2) is 28.7 Å². The van der Waals surface area contributed by atoms with Crippen LogP contribution in [-0.4, -0.2) is 14.7 Å². The van der Waals surface area contributed by atoms with E-state index in [1.807, 2.05) is 18.2 Å². The quantitative estimate of drug-likeness (QED) is 0.879. The minimum Gasteiger partial charge on any atom is -0.460 e. The lowest BCUT2D eigenvalue weighted by molar-refractivity contribution is 0.554. The Morgan fingerprint density at radius 1 is 1.38 bits per heavy atom. The predicted molar refractivity (Wildman–Crippen MR) is 62.7 cm³/mol. The van der Waals surface area contributed by atoms with Crippen LogP contribution in [0.5, 0.6) is 0 Å². The zero-order valence-corrected chi connectivity index (χ0v) is 9.75. The van der Waals surface area contributed by atoms with Crippen LogP contribution in [0, 0.1) is 0 Å². The fraction of sp³-hybridized carbons (Fsp3) is 0.273. The molecular weight excluding hydrogens is 226 g/mol. The molecule has 0 saturated heterocycles. The van der Waals surface area contributed by atoms with E-state index in [4.69, 9.17) is 10.2 Å². The molecule has 0 aliphatic carbocycles. The first kappa shape index (κ1) is 11.2. The summed E-state index contributed by atoms with van der Waals surface area (Å²) in [5, 5.41) is 0.890. The highest BCUT2D eigenvalue weighted by Gasteiger charge is 2.11. The SMILES string of the molecule is CS(=O)(=O)Cc1cc2cccc(CN)c2o1. The number of hydrogen-bond acceptors (Lipinski definition) is 4. The van der Waals surface area contributed by atoms with Gasteiger partial charge in [-0.2, -0.15) is 0 Å². The summed E-state index contributed by atoms with van der Waals surface area (Å²) in [6.07, 6.45) is 1.18. The van der Waals surface area contributed by atoms with E-state index in [0.29, 0.717) is 17.9 Å². The highest BCUT2D eigenvalue weighted by Crippen LogP contribution is 2.23. The van der Waals surface area contributed by atoms with E-state index in [0.717, 1.165) is 10.9 Å². The third-order valence-electron chi connectivity index (χ3n) is 2.30. The van der Waals surface area contributed by atoms with Crippen molar-refractivity contribution in [3.63, 3.8) is 0 Å². The van der Waals surface area contributed by atoms with Crippen LogP contribution in [0.25, 0.3) is 11.0 Å². The minimum atomic E-state index is -3.07. The summed E-state index contributed by atoms with van der Waals surface area (Å²) in [5.74, 6) is 0.379. The highest BCUT2D eigenvalue weighted by molar-refractivity contribution is 7.89. The molecule has 0 radical (unpaired) electrons. The number of fused-ring (bicyclic) bond motifs is 1. The Morgan fingerprint density at radius 2 is 2.12 bits per heavy atom. The molecule has 1 aromatic carbocycles. The molecule has 0 unspecified atom stereocenters. The van der Waals surface area contributed by atoms with E-state index in [9.17, 15) is 8.42 Å². The molecule has 2 rings (SSSR count). The maximum atomic E-state index is 11.1. The van der Waals surface area contributed by atoms with Gasteiger partial charge in [-0.05, 0) is 6.07 Å². The van der Waals surface area contributed by atoms with Crippen LogP contribution < -0.4 is 5.73 Å². The van der Waals surface area contributed by atoms with Crippen LogP contribution in [0.4, 0.5) is 0 Å². The van der Waals surface area contributed by atoms with Gasteiger partial charge < -0.3 is 10.2 Å². The molecule has 0 saturated carbocycles. The maximum absolute atomic E-state index is 11.1. The molecule has 0 bridgehead atoms. The zero-order chi connectivity index (χ0) is 11.8. The van der Waals surface area contributed by atoms with Crippen molar-refractivity contribution in [2.75, 3.05) is 6.26 Å². The smallest absolute Gasteiger partial charge is 0.154 e. The van der Waals surface area contributed by atoms with Crippen LogP contribution in [-0.2, 0) is 22.1 Å². The molecule has 0 aliphatic rings. The molecule has 16 heavy (non-hydrogen) atoms. The summed E-state index contributed by atoms with van der Waals surface area (Å²) in [6.45, 7) is 0.378. The number of benzene rings is 1. The fourth-order valence-corrected chi connectivity index (χ4v) is 2.33. The Morgan fingerprint density at radius 3 is 2.75 bits per heavy atom. The molecule has 1 heterocycles. The Balaban J connectivity index is 2.52. The maximum Gasteiger partial charge on any atom is 0.154 e. The van der Waals surface area contributed by atoms with Crippen molar-refractivity contribution >= 4 is 20.8 Å². The Kier molecular flexibility index (Phi) is 2.73. The average Bonchev–Trinajstić information content (AvgIpc) is 2.56. The van der Waals surface area contributed by atoms with Gasteiger partial charge in [0.15, 0.2) is 9.84 Å². The number of nitrogens with two attached hydrogens (primary N) is 1. The van der Waals surface area contributed by atoms with Crippen molar-refractivity contribution in [1.82, 2.24) is 0 Å². The first-order valence-corrected chi connectivity index (χ1v) is 6.94. The summed E-state index contributed by atoms with van der Waals surface area (Å²) < 4.78 is 27.8. The first-order chi connectivity index (χ1) is 7.49. The molecule has 0 aliphatic heterocycles. The van der Waals surface area contributed by atoms with Crippen molar-refractivity contribution in [2.24, 2.45) is 5.73 Å². The molecule has 1 aromatic heterocycles. The molecule has 86 valence electrons. The lowest BCUT2D eigenvalue weighted by Gasteiger charge is -1.96. The minimum absolute atomic E-state index is 0.0777. The van der Waals surface area contributed by atoms with Crippen LogP contribution >= 0.6 is 0 Å². The van der Waals surface area contributed by atoms with Gasteiger partial charge in [-0.25, -0.2) is 8.42 Å². The third-order valence-corrected chi connectivity index (χ3v) is 3.11. The van der Waals surface area contributed by atoms with Gasteiger partial charge in [-0.1, -0.05) is 18.2 Å². The van der Waals surface area contributed by atoms with E-state index < -0.39 is 9.84 Å². The number of hydrogen-bond donors (Lipinski definition) is 1. The third kappa shape index (κ3) is 2.25. The Bertz CT molecular complexity index is 613. The zero-order valence-electron chi connectivity index (χ0n) is 8.93. The van der Waals surface area contributed by atoms with Gasteiger partial charge in [-0.3, -0.25) is 0 Å². The molecule has 0 amide bonds. The van der Waals surface area contributed by atoms with E-state index >= 15 is 0 Å². The summed E-state index contributed by atoms with van der Waals surface area (Å²) >= 11 is 0. The van der Waals surface area contributed by atoms with Crippen molar-refractivity contribution in [3.8, 4) is 0 Å². The van der Waals surface area contributed by atoms with Gasteiger partial charge in [0.2, 0.25) is 0 Å². The van der Waals surface area contributed by atoms with Gasteiger partial charge >= 0.3 is 0 Å². The molecule has 5 heteroatoms. The number of para-hydroxylation sites is 1. The summed E-state index contributed by atoms with van der Waals surface area (Å²) in [6, 6.07) is 7.37. The largest absolute Gasteiger partial charge is 0.460 e. The Labute approximate surface area is 94.0 Å². The van der Waals surface area contributed by atoms with Gasteiger partial charge in [0.25, 0.3) is 0 Å². The molecule has 2 aromatic rings. The molecule has 0 fully saturated rings. The topological polar surface area (TPSA) is 73.3 Å². The van der Waals surface area contributed by atoms with Gasteiger partial charge in [0.05, 0.1) is 0 Å². The fourth-order valence-electron chi connectivity index (χ4n) is 1.67. The first-order valence-electron chi connectivity index (χ1n) is 4.88.